The molecule has 2 aromatic heterocycles. The molecule has 1 amide bonds. The van der Waals surface area contributed by atoms with Crippen molar-refractivity contribution in [3.05, 3.63) is 35.0 Å². The molecule has 24 heavy (non-hydrogen) atoms. The first kappa shape index (κ1) is 17.0. The third-order valence-corrected chi connectivity index (χ3v) is 5.42. The number of carbonyl (C=O) groups excluding carboxylic acids is 1. The fourth-order valence-corrected chi connectivity index (χ4v) is 3.76. The third kappa shape index (κ3) is 2.95. The SMILES string of the molecule is Cc1ccc(-c2c[nH]cc2C(=O)N2CCC(O)(C(F)(F)F)CC2)s1. The molecule has 8 heteroatoms. The van der Waals surface area contributed by atoms with Crippen LogP contribution in [0.4, 0.5) is 13.2 Å². The molecule has 0 unspecified atom stereocenters. The number of aliphatic hydroxyl groups is 1. The highest BCUT2D eigenvalue weighted by Crippen LogP contribution is 2.39. The molecule has 0 saturated carbocycles. The van der Waals surface area contributed by atoms with Gasteiger partial charge < -0.3 is 15.0 Å². The fraction of sp³-hybridized carbons (Fsp3) is 0.438. The Bertz CT molecular complexity index is 743. The standard InChI is InChI=1S/C16H17F3N2O2S/c1-10-2-3-13(24-10)11-8-20-9-12(11)14(22)21-6-4-15(23,5-7-21)16(17,18)19/h2-3,8-9,20,23H,4-7H2,1H3. The first-order chi connectivity index (χ1) is 11.2. The lowest BCUT2D eigenvalue weighted by Crippen LogP contribution is -2.54. The van der Waals surface area contributed by atoms with Gasteiger partial charge in [0.25, 0.3) is 5.91 Å². The highest BCUT2D eigenvalue weighted by molar-refractivity contribution is 7.15. The van der Waals surface area contributed by atoms with Gasteiger partial charge in [-0.15, -0.1) is 11.3 Å². The summed E-state index contributed by atoms with van der Waals surface area (Å²) in [6, 6.07) is 3.87. The molecule has 0 aromatic carbocycles. The molecule has 0 bridgehead atoms. The van der Waals surface area contributed by atoms with Gasteiger partial charge in [0.1, 0.15) is 0 Å². The molecular formula is C16H17F3N2O2S. The number of carbonyl (C=O) groups is 1. The minimum absolute atomic E-state index is 0.122. The fourth-order valence-electron chi connectivity index (χ4n) is 2.86. The lowest BCUT2D eigenvalue weighted by Gasteiger charge is -2.39. The Morgan fingerprint density at radius 2 is 1.96 bits per heavy atom. The number of hydrogen-bond acceptors (Lipinski definition) is 3. The second-order valence-electron chi connectivity index (χ2n) is 6.01. The van der Waals surface area contributed by atoms with Gasteiger partial charge in [-0.3, -0.25) is 4.79 Å². The Labute approximate surface area is 140 Å². The van der Waals surface area contributed by atoms with Crippen LogP contribution in [0.5, 0.6) is 0 Å². The Morgan fingerprint density at radius 3 is 2.50 bits per heavy atom. The van der Waals surface area contributed by atoms with Crippen molar-refractivity contribution < 1.29 is 23.1 Å². The van der Waals surface area contributed by atoms with E-state index in [-0.39, 0.29) is 19.0 Å². The van der Waals surface area contributed by atoms with Crippen LogP contribution >= 0.6 is 11.3 Å². The van der Waals surface area contributed by atoms with E-state index in [1.165, 1.54) is 4.90 Å². The number of halogens is 3. The maximum absolute atomic E-state index is 12.9. The number of H-pyrrole nitrogens is 1. The summed E-state index contributed by atoms with van der Waals surface area (Å²) < 4.78 is 38.6. The molecule has 0 aliphatic carbocycles. The molecule has 0 radical (unpaired) electrons. The van der Waals surface area contributed by atoms with E-state index in [1.807, 2.05) is 19.1 Å². The molecule has 1 aliphatic heterocycles. The molecule has 4 nitrogen and oxygen atoms in total. The van der Waals surface area contributed by atoms with E-state index in [9.17, 15) is 23.1 Å². The van der Waals surface area contributed by atoms with Crippen LogP contribution in [-0.4, -0.2) is 45.8 Å². The second-order valence-corrected chi connectivity index (χ2v) is 7.30. The number of nitrogens with one attached hydrogen (secondary N) is 1. The normalized spacial score (nSPS) is 18.0. The van der Waals surface area contributed by atoms with Crippen LogP contribution in [0.2, 0.25) is 0 Å². The highest BCUT2D eigenvalue weighted by atomic mass is 32.1. The van der Waals surface area contributed by atoms with E-state index in [4.69, 9.17) is 0 Å². The zero-order chi connectivity index (χ0) is 17.5. The van der Waals surface area contributed by atoms with Crippen molar-refractivity contribution in [3.8, 4) is 10.4 Å². The van der Waals surface area contributed by atoms with Crippen molar-refractivity contribution in [1.82, 2.24) is 9.88 Å². The number of alkyl halides is 3. The van der Waals surface area contributed by atoms with Crippen LogP contribution in [0.1, 0.15) is 28.1 Å². The number of aromatic amines is 1. The molecule has 2 N–H and O–H groups in total. The summed E-state index contributed by atoms with van der Waals surface area (Å²) in [6.07, 6.45) is -2.39. The summed E-state index contributed by atoms with van der Waals surface area (Å²) in [7, 11) is 0. The number of piperidine rings is 1. The molecule has 0 atom stereocenters. The Morgan fingerprint density at radius 1 is 1.29 bits per heavy atom. The van der Waals surface area contributed by atoms with Crippen molar-refractivity contribution in [1.29, 1.82) is 0 Å². The summed E-state index contributed by atoms with van der Waals surface area (Å²) in [5.74, 6) is -0.318. The second kappa shape index (κ2) is 5.93. The quantitative estimate of drug-likeness (QED) is 0.862. The summed E-state index contributed by atoms with van der Waals surface area (Å²) in [6.45, 7) is 1.72. The summed E-state index contributed by atoms with van der Waals surface area (Å²) >= 11 is 1.55. The number of hydrogen-bond donors (Lipinski definition) is 2. The lowest BCUT2D eigenvalue weighted by molar-refractivity contribution is -0.271. The number of nitrogens with zero attached hydrogens (tertiary/aromatic N) is 1. The van der Waals surface area contributed by atoms with E-state index in [2.05, 4.69) is 4.98 Å². The Hall–Kier alpha value is -1.80. The van der Waals surface area contributed by atoms with Crippen molar-refractivity contribution in [3.63, 3.8) is 0 Å². The zero-order valence-corrected chi connectivity index (χ0v) is 13.8. The van der Waals surface area contributed by atoms with Gasteiger partial charge in [0.15, 0.2) is 5.60 Å². The number of aromatic nitrogens is 1. The predicted molar refractivity (Wildman–Crippen MR) is 85.0 cm³/mol. The molecule has 1 fully saturated rings. The Kier molecular flexibility index (Phi) is 4.21. The lowest BCUT2D eigenvalue weighted by atomic mass is 9.90. The smallest absolute Gasteiger partial charge is 0.380 e. The van der Waals surface area contributed by atoms with Gasteiger partial charge in [0.05, 0.1) is 5.56 Å². The zero-order valence-electron chi connectivity index (χ0n) is 13.0. The average molecular weight is 358 g/mol. The van der Waals surface area contributed by atoms with E-state index in [0.717, 1.165) is 15.3 Å². The van der Waals surface area contributed by atoms with Crippen LogP contribution < -0.4 is 0 Å². The van der Waals surface area contributed by atoms with E-state index < -0.39 is 24.6 Å². The van der Waals surface area contributed by atoms with Gasteiger partial charge in [0, 0.05) is 53.6 Å². The van der Waals surface area contributed by atoms with Crippen LogP contribution in [0, 0.1) is 6.92 Å². The van der Waals surface area contributed by atoms with Crippen molar-refractivity contribution >= 4 is 17.2 Å². The minimum atomic E-state index is -4.67. The van der Waals surface area contributed by atoms with Crippen LogP contribution in [0.3, 0.4) is 0 Å². The van der Waals surface area contributed by atoms with E-state index in [0.29, 0.717) is 5.56 Å². The monoisotopic (exact) mass is 358 g/mol. The summed E-state index contributed by atoms with van der Waals surface area (Å²) in [5, 5.41) is 9.71. The molecule has 3 heterocycles. The number of likely N-dealkylation sites (tertiary alicyclic amines) is 1. The first-order valence-electron chi connectivity index (χ1n) is 7.53. The number of thiophene rings is 1. The number of aryl methyl sites for hydroxylation is 1. The molecule has 3 rings (SSSR count). The molecule has 1 aliphatic rings. The van der Waals surface area contributed by atoms with Crippen LogP contribution in [0.15, 0.2) is 24.5 Å². The van der Waals surface area contributed by atoms with Crippen LogP contribution in [0.25, 0.3) is 10.4 Å². The van der Waals surface area contributed by atoms with Gasteiger partial charge >= 0.3 is 6.18 Å². The minimum Gasteiger partial charge on any atom is -0.380 e. The van der Waals surface area contributed by atoms with Crippen molar-refractivity contribution in [2.75, 3.05) is 13.1 Å². The number of rotatable bonds is 2. The summed E-state index contributed by atoms with van der Waals surface area (Å²) in [4.78, 5) is 19.0. The van der Waals surface area contributed by atoms with Gasteiger partial charge in [-0.1, -0.05) is 0 Å². The maximum atomic E-state index is 12.9. The number of amides is 1. The molecule has 130 valence electrons. The average Bonchev–Trinajstić information content (AvgIpc) is 3.14. The molecule has 1 saturated heterocycles. The molecule has 0 spiro atoms. The first-order valence-corrected chi connectivity index (χ1v) is 8.35. The Balaban J connectivity index is 1.77. The summed E-state index contributed by atoms with van der Waals surface area (Å²) in [5.41, 5.74) is -1.51. The van der Waals surface area contributed by atoms with Gasteiger partial charge in [-0.2, -0.15) is 13.2 Å². The van der Waals surface area contributed by atoms with Gasteiger partial charge in [-0.25, -0.2) is 0 Å². The van der Waals surface area contributed by atoms with Crippen LogP contribution in [-0.2, 0) is 0 Å². The highest BCUT2D eigenvalue weighted by Gasteiger charge is 2.55. The molecule has 2 aromatic rings. The van der Waals surface area contributed by atoms with E-state index >= 15 is 0 Å². The van der Waals surface area contributed by atoms with E-state index in [1.54, 1.807) is 23.7 Å². The predicted octanol–water partition coefficient (Wildman–Crippen LogP) is 3.58. The topological polar surface area (TPSA) is 56.3 Å². The third-order valence-electron chi connectivity index (χ3n) is 4.39. The maximum Gasteiger partial charge on any atom is 0.417 e. The van der Waals surface area contributed by atoms with Crippen molar-refractivity contribution in [2.45, 2.75) is 31.5 Å². The van der Waals surface area contributed by atoms with Gasteiger partial charge in [0.2, 0.25) is 0 Å². The van der Waals surface area contributed by atoms with Crippen molar-refractivity contribution in [2.24, 2.45) is 0 Å². The molecular weight excluding hydrogens is 341 g/mol. The largest absolute Gasteiger partial charge is 0.417 e. The van der Waals surface area contributed by atoms with Gasteiger partial charge in [-0.05, 0) is 19.1 Å².